The molecule has 3 nitrogen and oxygen atoms in total. The minimum absolute atomic E-state index is 0.0969. The molecule has 0 aromatic heterocycles. The lowest BCUT2D eigenvalue weighted by atomic mass is 10.1. The SMILES string of the molecule is O=C(c1ccc(Cl)cc1)N1CCN(c2cccc(C(F)(F)F)c2)CC1. The van der Waals surface area contributed by atoms with E-state index < -0.39 is 11.7 Å². The minimum atomic E-state index is -4.36. The van der Waals surface area contributed by atoms with Gasteiger partial charge in [0.25, 0.3) is 5.91 Å². The Labute approximate surface area is 148 Å². The van der Waals surface area contributed by atoms with E-state index in [0.29, 0.717) is 42.5 Å². The molecule has 1 heterocycles. The smallest absolute Gasteiger partial charge is 0.368 e. The molecule has 1 amide bonds. The van der Waals surface area contributed by atoms with Gasteiger partial charge in [0.15, 0.2) is 0 Å². The average molecular weight is 369 g/mol. The maximum absolute atomic E-state index is 12.8. The lowest BCUT2D eigenvalue weighted by Gasteiger charge is -2.36. The molecule has 2 aromatic carbocycles. The van der Waals surface area contributed by atoms with Crippen LogP contribution in [0.15, 0.2) is 48.5 Å². The van der Waals surface area contributed by atoms with E-state index in [-0.39, 0.29) is 5.91 Å². The van der Waals surface area contributed by atoms with Gasteiger partial charge >= 0.3 is 6.18 Å². The largest absolute Gasteiger partial charge is 0.416 e. The summed E-state index contributed by atoms with van der Waals surface area (Å²) < 4.78 is 38.5. The molecule has 7 heteroatoms. The summed E-state index contributed by atoms with van der Waals surface area (Å²) in [5.74, 6) is -0.0969. The molecule has 0 atom stereocenters. The highest BCUT2D eigenvalue weighted by Gasteiger charge is 2.31. The molecule has 3 rings (SSSR count). The van der Waals surface area contributed by atoms with Crippen molar-refractivity contribution in [3.8, 4) is 0 Å². The quantitative estimate of drug-likeness (QED) is 0.788. The summed E-state index contributed by atoms with van der Waals surface area (Å²) in [6.45, 7) is 1.89. The van der Waals surface area contributed by atoms with Gasteiger partial charge in [0.05, 0.1) is 5.56 Å². The highest BCUT2D eigenvalue weighted by molar-refractivity contribution is 6.30. The van der Waals surface area contributed by atoms with Crippen LogP contribution in [0.4, 0.5) is 18.9 Å². The fourth-order valence-electron chi connectivity index (χ4n) is 2.82. The van der Waals surface area contributed by atoms with E-state index in [4.69, 9.17) is 11.6 Å². The zero-order chi connectivity index (χ0) is 18.0. The van der Waals surface area contributed by atoms with Crippen LogP contribution in [0.5, 0.6) is 0 Å². The van der Waals surface area contributed by atoms with Crippen LogP contribution in [0.1, 0.15) is 15.9 Å². The topological polar surface area (TPSA) is 23.6 Å². The maximum atomic E-state index is 12.8. The van der Waals surface area contributed by atoms with Gasteiger partial charge in [-0.3, -0.25) is 4.79 Å². The van der Waals surface area contributed by atoms with Crippen LogP contribution in [0.2, 0.25) is 5.02 Å². The zero-order valence-electron chi connectivity index (χ0n) is 13.3. The van der Waals surface area contributed by atoms with Crippen LogP contribution < -0.4 is 4.90 Å². The van der Waals surface area contributed by atoms with Crippen LogP contribution in [-0.2, 0) is 6.18 Å². The molecule has 1 fully saturated rings. The first-order valence-electron chi connectivity index (χ1n) is 7.81. The lowest BCUT2D eigenvalue weighted by molar-refractivity contribution is -0.137. The third kappa shape index (κ3) is 4.07. The molecule has 1 aliphatic rings. The van der Waals surface area contributed by atoms with Crippen LogP contribution in [0.3, 0.4) is 0 Å². The molecule has 25 heavy (non-hydrogen) atoms. The monoisotopic (exact) mass is 368 g/mol. The lowest BCUT2D eigenvalue weighted by Crippen LogP contribution is -2.48. The van der Waals surface area contributed by atoms with E-state index in [9.17, 15) is 18.0 Å². The number of amides is 1. The highest BCUT2D eigenvalue weighted by atomic mass is 35.5. The number of carbonyl (C=O) groups excluding carboxylic acids is 1. The Balaban J connectivity index is 1.66. The molecule has 0 N–H and O–H groups in total. The molecule has 1 saturated heterocycles. The van der Waals surface area contributed by atoms with Gasteiger partial charge in [-0.1, -0.05) is 17.7 Å². The molecule has 0 unspecified atom stereocenters. The van der Waals surface area contributed by atoms with Gasteiger partial charge in [0.1, 0.15) is 0 Å². The van der Waals surface area contributed by atoms with E-state index in [2.05, 4.69) is 0 Å². The second kappa shape index (κ2) is 6.96. The summed E-state index contributed by atoms with van der Waals surface area (Å²) in [5.41, 5.74) is 0.412. The van der Waals surface area contributed by atoms with Crippen molar-refractivity contribution in [2.75, 3.05) is 31.1 Å². The second-order valence-corrected chi connectivity index (χ2v) is 6.27. The normalized spacial score (nSPS) is 15.4. The van der Waals surface area contributed by atoms with Gasteiger partial charge in [-0.15, -0.1) is 0 Å². The summed E-state index contributed by atoms with van der Waals surface area (Å²) in [7, 11) is 0. The molecule has 0 bridgehead atoms. The molecule has 0 aliphatic carbocycles. The summed E-state index contributed by atoms with van der Waals surface area (Å²) in [6, 6.07) is 11.9. The van der Waals surface area contributed by atoms with Crippen LogP contribution in [0.25, 0.3) is 0 Å². The zero-order valence-corrected chi connectivity index (χ0v) is 14.0. The van der Waals surface area contributed by atoms with Crippen molar-refractivity contribution in [1.29, 1.82) is 0 Å². The second-order valence-electron chi connectivity index (χ2n) is 5.83. The number of anilines is 1. The van der Waals surface area contributed by atoms with Gasteiger partial charge in [-0.05, 0) is 42.5 Å². The van der Waals surface area contributed by atoms with E-state index in [1.807, 2.05) is 4.90 Å². The van der Waals surface area contributed by atoms with Crippen molar-refractivity contribution < 1.29 is 18.0 Å². The number of hydrogen-bond acceptors (Lipinski definition) is 2. The third-order valence-electron chi connectivity index (χ3n) is 4.20. The Kier molecular flexibility index (Phi) is 4.90. The number of halogens is 4. The maximum Gasteiger partial charge on any atom is 0.416 e. The Morgan fingerprint density at radius 2 is 1.60 bits per heavy atom. The van der Waals surface area contributed by atoms with Gasteiger partial charge in [-0.2, -0.15) is 13.2 Å². The first-order valence-corrected chi connectivity index (χ1v) is 8.19. The average Bonchev–Trinajstić information content (AvgIpc) is 2.61. The summed E-state index contributed by atoms with van der Waals surface area (Å²) >= 11 is 5.82. The van der Waals surface area contributed by atoms with Crippen molar-refractivity contribution in [2.45, 2.75) is 6.18 Å². The van der Waals surface area contributed by atoms with Gasteiger partial charge in [0.2, 0.25) is 0 Å². The number of carbonyl (C=O) groups is 1. The Morgan fingerprint density at radius 1 is 0.960 bits per heavy atom. The minimum Gasteiger partial charge on any atom is -0.368 e. The molecular weight excluding hydrogens is 353 g/mol. The number of nitrogens with zero attached hydrogens (tertiary/aromatic N) is 2. The number of rotatable bonds is 2. The highest BCUT2D eigenvalue weighted by Crippen LogP contribution is 2.31. The molecule has 1 aliphatic heterocycles. The van der Waals surface area contributed by atoms with Gasteiger partial charge in [0, 0.05) is 42.5 Å². The van der Waals surface area contributed by atoms with Crippen molar-refractivity contribution >= 4 is 23.2 Å². The van der Waals surface area contributed by atoms with Crippen molar-refractivity contribution in [1.82, 2.24) is 4.90 Å². The molecular formula is C18H16ClF3N2O. The van der Waals surface area contributed by atoms with Crippen LogP contribution in [-0.4, -0.2) is 37.0 Å². The molecule has 0 saturated carbocycles. The van der Waals surface area contributed by atoms with Gasteiger partial charge < -0.3 is 9.80 Å². The number of alkyl halides is 3. The Morgan fingerprint density at radius 3 is 2.20 bits per heavy atom. The molecule has 0 spiro atoms. The van der Waals surface area contributed by atoms with E-state index >= 15 is 0 Å². The Bertz CT molecular complexity index is 754. The fourth-order valence-corrected chi connectivity index (χ4v) is 2.95. The summed E-state index contributed by atoms with van der Waals surface area (Å²) in [4.78, 5) is 16.0. The van der Waals surface area contributed by atoms with E-state index in [1.54, 1.807) is 35.2 Å². The number of piperazine rings is 1. The Hall–Kier alpha value is -2.21. The molecule has 2 aromatic rings. The predicted molar refractivity (Wildman–Crippen MR) is 91.0 cm³/mol. The van der Waals surface area contributed by atoms with Crippen LogP contribution >= 0.6 is 11.6 Å². The van der Waals surface area contributed by atoms with Crippen molar-refractivity contribution in [2.24, 2.45) is 0 Å². The predicted octanol–water partition coefficient (Wildman–Crippen LogP) is 4.32. The van der Waals surface area contributed by atoms with Crippen LogP contribution in [0, 0.1) is 0 Å². The van der Waals surface area contributed by atoms with Crippen molar-refractivity contribution in [3.05, 3.63) is 64.7 Å². The van der Waals surface area contributed by atoms with Crippen molar-refractivity contribution in [3.63, 3.8) is 0 Å². The standard InChI is InChI=1S/C18H16ClF3N2O/c19-15-6-4-13(5-7-15)17(25)24-10-8-23(9-11-24)16-3-1-2-14(12-16)18(20,21)22/h1-7,12H,8-11H2. The first-order chi connectivity index (χ1) is 11.8. The number of benzene rings is 2. The van der Waals surface area contributed by atoms with Gasteiger partial charge in [-0.25, -0.2) is 0 Å². The van der Waals surface area contributed by atoms with E-state index in [0.717, 1.165) is 12.1 Å². The molecule has 132 valence electrons. The first kappa shape index (κ1) is 17.6. The van der Waals surface area contributed by atoms with E-state index in [1.165, 1.54) is 6.07 Å². The molecule has 0 radical (unpaired) electrons. The number of hydrogen-bond donors (Lipinski definition) is 0. The summed E-state index contributed by atoms with van der Waals surface area (Å²) in [5, 5.41) is 0.561. The fraction of sp³-hybridized carbons (Fsp3) is 0.278. The summed E-state index contributed by atoms with van der Waals surface area (Å²) in [6.07, 6.45) is -4.36. The third-order valence-corrected chi connectivity index (χ3v) is 4.45.